The number of urea groups is 1. The minimum absolute atomic E-state index is 0.103. The molecular weight excluding hydrogens is 320 g/mol. The summed E-state index contributed by atoms with van der Waals surface area (Å²) in [4.78, 5) is 24.4. The van der Waals surface area contributed by atoms with Gasteiger partial charge >= 0.3 is 12.0 Å². The molecule has 1 atom stereocenters. The molecule has 0 aliphatic carbocycles. The standard InChI is InChI=1S/C15H17ClN4O3/c1-10(14(21)22)9-19(2)15(23)18-12-5-4-11(16)8-13(12)20-7-3-6-17-20/h3-8,10H,9H2,1-2H3,(H,18,23)(H,21,22). The number of carbonyl (C=O) groups excluding carboxylic acids is 1. The second-order valence-corrected chi connectivity index (χ2v) is 5.60. The Hall–Kier alpha value is -2.54. The Morgan fingerprint density at radius 3 is 2.83 bits per heavy atom. The molecule has 2 rings (SSSR count). The van der Waals surface area contributed by atoms with Gasteiger partial charge in [-0.15, -0.1) is 0 Å². The lowest BCUT2D eigenvalue weighted by molar-refractivity contribution is -0.141. The van der Waals surface area contributed by atoms with E-state index in [-0.39, 0.29) is 6.54 Å². The molecule has 1 aromatic carbocycles. The van der Waals surface area contributed by atoms with Crippen molar-refractivity contribution in [2.75, 3.05) is 18.9 Å². The first-order valence-corrected chi connectivity index (χ1v) is 7.30. The van der Waals surface area contributed by atoms with E-state index in [2.05, 4.69) is 10.4 Å². The van der Waals surface area contributed by atoms with Crippen LogP contribution < -0.4 is 5.32 Å². The van der Waals surface area contributed by atoms with Gasteiger partial charge in [0.25, 0.3) is 0 Å². The Morgan fingerprint density at radius 1 is 1.48 bits per heavy atom. The lowest BCUT2D eigenvalue weighted by Gasteiger charge is -2.21. The van der Waals surface area contributed by atoms with E-state index < -0.39 is 17.9 Å². The molecule has 0 bridgehead atoms. The maximum Gasteiger partial charge on any atom is 0.321 e. The number of carboxylic acids is 1. The molecule has 2 N–H and O–H groups in total. The largest absolute Gasteiger partial charge is 0.481 e. The number of aliphatic carboxylic acids is 1. The van der Waals surface area contributed by atoms with Gasteiger partial charge in [0, 0.05) is 31.0 Å². The van der Waals surface area contributed by atoms with Gasteiger partial charge in [-0.25, -0.2) is 9.48 Å². The first-order chi connectivity index (χ1) is 10.9. The van der Waals surface area contributed by atoms with Crippen molar-refractivity contribution in [1.82, 2.24) is 14.7 Å². The van der Waals surface area contributed by atoms with Crippen LogP contribution >= 0.6 is 11.6 Å². The Kier molecular flexibility index (Phi) is 5.23. The molecule has 0 aliphatic heterocycles. The maximum atomic E-state index is 12.2. The predicted octanol–water partition coefficient (Wildman–Crippen LogP) is 2.71. The minimum Gasteiger partial charge on any atom is -0.481 e. The molecule has 1 aromatic heterocycles. The second kappa shape index (κ2) is 7.15. The van der Waals surface area contributed by atoms with Crippen molar-refractivity contribution in [2.24, 2.45) is 5.92 Å². The number of amides is 2. The van der Waals surface area contributed by atoms with Crippen LogP contribution in [-0.2, 0) is 4.79 Å². The van der Waals surface area contributed by atoms with E-state index in [0.29, 0.717) is 16.4 Å². The average molecular weight is 337 g/mol. The van der Waals surface area contributed by atoms with Crippen LogP contribution in [0.2, 0.25) is 5.02 Å². The molecule has 7 nitrogen and oxygen atoms in total. The molecule has 0 saturated heterocycles. The highest BCUT2D eigenvalue weighted by molar-refractivity contribution is 6.30. The molecule has 0 aliphatic rings. The first-order valence-electron chi connectivity index (χ1n) is 6.93. The lowest BCUT2D eigenvalue weighted by Crippen LogP contribution is -2.36. The van der Waals surface area contributed by atoms with E-state index in [1.807, 2.05) is 0 Å². The highest BCUT2D eigenvalue weighted by Gasteiger charge is 2.18. The number of nitrogens with one attached hydrogen (secondary N) is 1. The van der Waals surface area contributed by atoms with Gasteiger partial charge in [0.1, 0.15) is 0 Å². The van der Waals surface area contributed by atoms with Crippen LogP contribution in [0.5, 0.6) is 0 Å². The van der Waals surface area contributed by atoms with E-state index in [0.717, 1.165) is 0 Å². The quantitative estimate of drug-likeness (QED) is 0.878. The molecule has 8 heteroatoms. The Morgan fingerprint density at radius 2 is 2.22 bits per heavy atom. The fourth-order valence-corrected chi connectivity index (χ4v) is 2.16. The Balaban J connectivity index is 2.17. The van der Waals surface area contributed by atoms with Crippen LogP contribution in [0.15, 0.2) is 36.7 Å². The monoisotopic (exact) mass is 336 g/mol. The number of nitrogens with zero attached hydrogens (tertiary/aromatic N) is 3. The number of carbonyl (C=O) groups is 2. The summed E-state index contributed by atoms with van der Waals surface area (Å²) in [5.74, 6) is -1.60. The highest BCUT2D eigenvalue weighted by atomic mass is 35.5. The Labute approximate surface area is 138 Å². The normalized spacial score (nSPS) is 11.8. The van der Waals surface area contributed by atoms with E-state index in [1.165, 1.54) is 11.9 Å². The molecule has 0 fully saturated rings. The molecule has 2 aromatic rings. The van der Waals surface area contributed by atoms with Gasteiger partial charge in [0.2, 0.25) is 0 Å². The SMILES string of the molecule is CC(CN(C)C(=O)Nc1ccc(Cl)cc1-n1cccn1)C(=O)O. The van der Waals surface area contributed by atoms with Crippen molar-refractivity contribution in [3.05, 3.63) is 41.7 Å². The number of anilines is 1. The van der Waals surface area contributed by atoms with Crippen LogP contribution in [0, 0.1) is 5.92 Å². The third-order valence-corrected chi connectivity index (χ3v) is 3.50. The fourth-order valence-electron chi connectivity index (χ4n) is 1.99. The van der Waals surface area contributed by atoms with Crippen molar-refractivity contribution >= 4 is 29.3 Å². The second-order valence-electron chi connectivity index (χ2n) is 5.16. The van der Waals surface area contributed by atoms with Crippen LogP contribution in [0.25, 0.3) is 5.69 Å². The summed E-state index contributed by atoms with van der Waals surface area (Å²) in [5, 5.41) is 16.3. The van der Waals surface area contributed by atoms with Gasteiger partial charge in [-0.3, -0.25) is 4.79 Å². The third-order valence-electron chi connectivity index (χ3n) is 3.27. The summed E-state index contributed by atoms with van der Waals surface area (Å²) in [5.41, 5.74) is 1.15. The number of hydrogen-bond acceptors (Lipinski definition) is 3. The zero-order valence-electron chi connectivity index (χ0n) is 12.7. The summed E-state index contributed by atoms with van der Waals surface area (Å²) in [6.45, 7) is 1.65. The number of aromatic nitrogens is 2. The summed E-state index contributed by atoms with van der Waals surface area (Å²) < 4.78 is 1.58. The number of rotatable bonds is 5. The van der Waals surface area contributed by atoms with E-state index in [4.69, 9.17) is 16.7 Å². The molecule has 1 heterocycles. The molecule has 1 unspecified atom stereocenters. The van der Waals surface area contributed by atoms with Gasteiger partial charge < -0.3 is 15.3 Å². The zero-order chi connectivity index (χ0) is 17.0. The van der Waals surface area contributed by atoms with Crippen LogP contribution in [0.4, 0.5) is 10.5 Å². The first kappa shape index (κ1) is 16.8. The summed E-state index contributed by atoms with van der Waals surface area (Å²) in [6.07, 6.45) is 3.35. The van der Waals surface area contributed by atoms with Crippen LogP contribution in [0.3, 0.4) is 0 Å². The zero-order valence-corrected chi connectivity index (χ0v) is 13.5. The van der Waals surface area contributed by atoms with Crippen molar-refractivity contribution in [1.29, 1.82) is 0 Å². The summed E-state index contributed by atoms with van der Waals surface area (Å²) in [6, 6.07) is 6.36. The van der Waals surface area contributed by atoms with Crippen molar-refractivity contribution < 1.29 is 14.7 Å². The van der Waals surface area contributed by atoms with E-state index in [1.54, 1.807) is 48.3 Å². The van der Waals surface area contributed by atoms with Gasteiger partial charge in [-0.05, 0) is 24.3 Å². The van der Waals surface area contributed by atoms with E-state index in [9.17, 15) is 9.59 Å². The van der Waals surface area contributed by atoms with Crippen molar-refractivity contribution in [3.63, 3.8) is 0 Å². The number of carboxylic acid groups (broad SMARTS) is 1. The van der Waals surface area contributed by atoms with Crippen LogP contribution in [0.1, 0.15) is 6.92 Å². The van der Waals surface area contributed by atoms with Crippen molar-refractivity contribution in [2.45, 2.75) is 6.92 Å². The number of hydrogen-bond donors (Lipinski definition) is 2. The summed E-state index contributed by atoms with van der Waals surface area (Å²) in [7, 11) is 1.54. The molecule has 0 saturated carbocycles. The number of halogens is 1. The Bertz CT molecular complexity index is 703. The van der Waals surface area contributed by atoms with Gasteiger partial charge in [-0.2, -0.15) is 5.10 Å². The highest BCUT2D eigenvalue weighted by Crippen LogP contribution is 2.24. The average Bonchev–Trinajstić information content (AvgIpc) is 3.02. The summed E-state index contributed by atoms with van der Waals surface area (Å²) >= 11 is 6.01. The maximum absolute atomic E-state index is 12.2. The molecular formula is C15H17ClN4O3. The minimum atomic E-state index is -0.951. The predicted molar refractivity (Wildman–Crippen MR) is 87.0 cm³/mol. The van der Waals surface area contributed by atoms with Gasteiger partial charge in [0.15, 0.2) is 0 Å². The van der Waals surface area contributed by atoms with Gasteiger partial charge in [0.05, 0.1) is 17.3 Å². The topological polar surface area (TPSA) is 87.5 Å². The molecule has 23 heavy (non-hydrogen) atoms. The molecule has 0 spiro atoms. The molecule has 2 amide bonds. The third kappa shape index (κ3) is 4.23. The number of benzene rings is 1. The lowest BCUT2D eigenvalue weighted by atomic mass is 10.2. The fraction of sp³-hybridized carbons (Fsp3) is 0.267. The molecule has 0 radical (unpaired) electrons. The van der Waals surface area contributed by atoms with Crippen LogP contribution in [-0.4, -0.2) is 45.4 Å². The van der Waals surface area contributed by atoms with E-state index >= 15 is 0 Å². The van der Waals surface area contributed by atoms with Crippen molar-refractivity contribution in [3.8, 4) is 5.69 Å². The smallest absolute Gasteiger partial charge is 0.321 e. The molecule has 122 valence electrons. The van der Waals surface area contributed by atoms with Gasteiger partial charge in [-0.1, -0.05) is 18.5 Å².